The van der Waals surface area contributed by atoms with E-state index in [1.807, 2.05) is 42.5 Å². The molecule has 3 aromatic rings. The fourth-order valence-corrected chi connectivity index (χ4v) is 3.37. The van der Waals surface area contributed by atoms with E-state index in [1.54, 1.807) is 18.1 Å². The monoisotopic (exact) mass is 376 g/mol. The van der Waals surface area contributed by atoms with Crippen LogP contribution in [-0.2, 0) is 17.6 Å². The fraction of sp³-hybridized carbons (Fsp3) is 0.182. The Kier molecular flexibility index (Phi) is 4.85. The van der Waals surface area contributed by atoms with Gasteiger partial charge in [-0.2, -0.15) is 0 Å². The number of methoxy groups -OCH3 is 1. The van der Waals surface area contributed by atoms with Crippen molar-refractivity contribution in [1.29, 1.82) is 0 Å². The molecule has 4 rings (SSSR count). The smallest absolute Gasteiger partial charge is 0.261 e. The molecule has 0 fully saturated rings. The lowest BCUT2D eigenvalue weighted by molar-refractivity contribution is -0.115. The van der Waals surface area contributed by atoms with Crippen LogP contribution in [0.25, 0.3) is 0 Å². The molecule has 0 atom stereocenters. The molecule has 142 valence electrons. The number of hydrogen-bond acceptors (Lipinski definition) is 4. The minimum absolute atomic E-state index is 0.0798. The van der Waals surface area contributed by atoms with Gasteiger partial charge in [0, 0.05) is 17.9 Å². The molecule has 0 aliphatic carbocycles. The maximum absolute atomic E-state index is 12.6. The Labute approximate surface area is 162 Å². The van der Waals surface area contributed by atoms with Crippen molar-refractivity contribution in [1.82, 2.24) is 0 Å². The third-order valence-corrected chi connectivity index (χ3v) is 4.80. The Hall–Kier alpha value is -3.54. The first-order valence-electron chi connectivity index (χ1n) is 9.04. The van der Waals surface area contributed by atoms with Crippen LogP contribution in [0.4, 0.5) is 11.4 Å². The van der Waals surface area contributed by atoms with E-state index in [2.05, 4.69) is 5.32 Å². The molecule has 6 heteroatoms. The topological polar surface area (TPSA) is 71.8 Å². The van der Waals surface area contributed by atoms with E-state index in [4.69, 9.17) is 9.15 Å². The van der Waals surface area contributed by atoms with E-state index in [-0.39, 0.29) is 18.2 Å². The van der Waals surface area contributed by atoms with Crippen molar-refractivity contribution in [2.45, 2.75) is 12.8 Å². The molecule has 0 saturated carbocycles. The number of carbonyl (C=O) groups excluding carboxylic acids is 2. The Morgan fingerprint density at radius 3 is 2.68 bits per heavy atom. The highest BCUT2D eigenvalue weighted by Crippen LogP contribution is 2.31. The van der Waals surface area contributed by atoms with Crippen LogP contribution in [0, 0.1) is 0 Å². The van der Waals surface area contributed by atoms with Gasteiger partial charge in [0.15, 0.2) is 0 Å². The summed E-state index contributed by atoms with van der Waals surface area (Å²) in [5, 5.41) is 2.93. The van der Waals surface area contributed by atoms with Crippen LogP contribution in [0.15, 0.2) is 65.5 Å². The predicted octanol–water partition coefficient (Wildman–Crippen LogP) is 3.67. The van der Waals surface area contributed by atoms with Gasteiger partial charge in [-0.05, 0) is 53.9 Å². The highest BCUT2D eigenvalue weighted by Gasteiger charge is 2.26. The summed E-state index contributed by atoms with van der Waals surface area (Å²) in [5.41, 5.74) is 4.09. The first-order valence-corrected chi connectivity index (χ1v) is 9.04. The van der Waals surface area contributed by atoms with E-state index in [9.17, 15) is 9.59 Å². The minimum Gasteiger partial charge on any atom is -0.497 e. The molecule has 2 amide bonds. The molecule has 0 bridgehead atoms. The number of rotatable bonds is 5. The molecule has 1 aliphatic rings. The standard InChI is InChI=1S/C22H20N2O4/c1-27-19-5-2-15(3-6-19)12-21(25)23-18-4-7-20-16(13-18)8-10-24(20)22(26)17-9-11-28-14-17/h2-7,9,11,13-14H,8,10,12H2,1H3,(H,23,25). The number of ether oxygens (including phenoxy) is 1. The van der Waals surface area contributed by atoms with Crippen molar-refractivity contribution in [3.05, 3.63) is 77.7 Å². The molecule has 0 radical (unpaired) electrons. The van der Waals surface area contributed by atoms with Gasteiger partial charge < -0.3 is 19.4 Å². The highest BCUT2D eigenvalue weighted by molar-refractivity contribution is 6.07. The lowest BCUT2D eigenvalue weighted by Crippen LogP contribution is -2.28. The molecule has 2 heterocycles. The number of amides is 2. The third-order valence-electron chi connectivity index (χ3n) is 4.80. The van der Waals surface area contributed by atoms with Crippen LogP contribution in [-0.4, -0.2) is 25.5 Å². The second kappa shape index (κ2) is 7.60. The summed E-state index contributed by atoms with van der Waals surface area (Å²) in [4.78, 5) is 26.7. The van der Waals surface area contributed by atoms with Gasteiger partial charge in [0.05, 0.1) is 25.4 Å². The van der Waals surface area contributed by atoms with Gasteiger partial charge >= 0.3 is 0 Å². The molecule has 0 unspecified atom stereocenters. The van der Waals surface area contributed by atoms with E-state index >= 15 is 0 Å². The molecule has 1 aliphatic heterocycles. The zero-order valence-corrected chi connectivity index (χ0v) is 15.5. The van der Waals surface area contributed by atoms with Gasteiger partial charge in [0.1, 0.15) is 12.0 Å². The van der Waals surface area contributed by atoms with E-state index in [1.165, 1.54) is 12.5 Å². The normalized spacial score (nSPS) is 12.5. The summed E-state index contributed by atoms with van der Waals surface area (Å²) in [6.07, 6.45) is 3.98. The Morgan fingerprint density at radius 2 is 1.96 bits per heavy atom. The number of nitrogens with zero attached hydrogens (tertiary/aromatic N) is 1. The van der Waals surface area contributed by atoms with Gasteiger partial charge in [0.2, 0.25) is 5.91 Å². The van der Waals surface area contributed by atoms with E-state index in [0.29, 0.717) is 12.1 Å². The van der Waals surface area contributed by atoms with Gasteiger partial charge in [-0.15, -0.1) is 0 Å². The Balaban J connectivity index is 1.43. The van der Waals surface area contributed by atoms with Crippen LogP contribution in [0.1, 0.15) is 21.5 Å². The predicted molar refractivity (Wildman–Crippen MR) is 106 cm³/mol. The summed E-state index contributed by atoms with van der Waals surface area (Å²) < 4.78 is 10.1. The molecular formula is C22H20N2O4. The van der Waals surface area contributed by atoms with Crippen LogP contribution in [0.2, 0.25) is 0 Å². The fourth-order valence-electron chi connectivity index (χ4n) is 3.37. The van der Waals surface area contributed by atoms with Crippen LogP contribution in [0.5, 0.6) is 5.75 Å². The quantitative estimate of drug-likeness (QED) is 0.737. The summed E-state index contributed by atoms with van der Waals surface area (Å²) in [6, 6.07) is 14.7. The molecule has 1 N–H and O–H groups in total. The van der Waals surface area contributed by atoms with Gasteiger partial charge in [-0.25, -0.2) is 0 Å². The van der Waals surface area contributed by atoms with Crippen molar-refractivity contribution in [3.63, 3.8) is 0 Å². The first-order chi connectivity index (χ1) is 13.6. The second-order valence-electron chi connectivity index (χ2n) is 6.64. The largest absolute Gasteiger partial charge is 0.497 e. The summed E-state index contributed by atoms with van der Waals surface area (Å²) in [7, 11) is 1.61. The summed E-state index contributed by atoms with van der Waals surface area (Å²) >= 11 is 0. The van der Waals surface area contributed by atoms with E-state index < -0.39 is 0 Å². The van der Waals surface area contributed by atoms with Crippen LogP contribution >= 0.6 is 0 Å². The maximum atomic E-state index is 12.6. The zero-order valence-electron chi connectivity index (χ0n) is 15.5. The minimum atomic E-state index is -0.0885. The van der Waals surface area contributed by atoms with Crippen molar-refractivity contribution >= 4 is 23.2 Å². The molecule has 0 spiro atoms. The first kappa shape index (κ1) is 17.9. The van der Waals surface area contributed by atoms with Crippen molar-refractivity contribution < 1.29 is 18.7 Å². The summed E-state index contributed by atoms with van der Waals surface area (Å²) in [5.74, 6) is 0.593. The molecule has 28 heavy (non-hydrogen) atoms. The number of benzene rings is 2. The number of anilines is 2. The van der Waals surface area contributed by atoms with E-state index in [0.717, 1.165) is 34.7 Å². The Morgan fingerprint density at radius 1 is 1.14 bits per heavy atom. The number of fused-ring (bicyclic) bond motifs is 1. The number of hydrogen-bond donors (Lipinski definition) is 1. The lowest BCUT2D eigenvalue weighted by atomic mass is 10.1. The highest BCUT2D eigenvalue weighted by atomic mass is 16.5. The third kappa shape index (κ3) is 3.62. The summed E-state index contributed by atoms with van der Waals surface area (Å²) in [6.45, 7) is 0.614. The van der Waals surface area contributed by atoms with Crippen molar-refractivity contribution in [2.75, 3.05) is 23.9 Å². The zero-order chi connectivity index (χ0) is 19.5. The molecule has 0 saturated heterocycles. The van der Waals surface area contributed by atoms with Crippen molar-refractivity contribution in [3.8, 4) is 5.75 Å². The SMILES string of the molecule is COc1ccc(CC(=O)Nc2ccc3c(c2)CCN3C(=O)c2ccoc2)cc1. The molecule has 1 aromatic heterocycles. The van der Waals surface area contributed by atoms with Crippen molar-refractivity contribution in [2.24, 2.45) is 0 Å². The van der Waals surface area contributed by atoms with Gasteiger partial charge in [-0.1, -0.05) is 12.1 Å². The average molecular weight is 376 g/mol. The van der Waals surface area contributed by atoms with Crippen LogP contribution < -0.4 is 15.0 Å². The number of furan rings is 1. The van der Waals surface area contributed by atoms with Gasteiger partial charge in [-0.3, -0.25) is 9.59 Å². The van der Waals surface area contributed by atoms with Crippen LogP contribution in [0.3, 0.4) is 0 Å². The molecular weight excluding hydrogens is 356 g/mol. The number of carbonyl (C=O) groups is 2. The lowest BCUT2D eigenvalue weighted by Gasteiger charge is -2.16. The molecule has 6 nitrogen and oxygen atoms in total. The second-order valence-corrected chi connectivity index (χ2v) is 6.64. The maximum Gasteiger partial charge on any atom is 0.261 e. The average Bonchev–Trinajstić information content (AvgIpc) is 3.38. The van der Waals surface area contributed by atoms with Gasteiger partial charge in [0.25, 0.3) is 5.91 Å². The Bertz CT molecular complexity index is 994. The molecule has 2 aromatic carbocycles. The number of nitrogens with one attached hydrogen (secondary N) is 1.